The number of aryl methyl sites for hydroxylation is 2. The zero-order chi connectivity index (χ0) is 24.1. The molecule has 0 spiro atoms. The number of halogens is 2. The summed E-state index contributed by atoms with van der Waals surface area (Å²) in [4.78, 5) is 26.1. The first-order valence-electron chi connectivity index (χ1n) is 11.4. The number of nitrogens with zero attached hydrogens (tertiary/aromatic N) is 4. The van der Waals surface area contributed by atoms with Crippen molar-refractivity contribution < 1.29 is 13.9 Å². The van der Waals surface area contributed by atoms with Gasteiger partial charge in [-0.3, -0.25) is 4.79 Å². The van der Waals surface area contributed by atoms with E-state index in [1.165, 1.54) is 6.07 Å². The van der Waals surface area contributed by atoms with E-state index in [-0.39, 0.29) is 18.3 Å². The second kappa shape index (κ2) is 10.8. The molecular formula is C26H28ClFN4O2. The van der Waals surface area contributed by atoms with Crippen LogP contribution in [-0.4, -0.2) is 53.6 Å². The Morgan fingerprint density at radius 2 is 1.82 bits per heavy atom. The van der Waals surface area contributed by atoms with Crippen LogP contribution in [0, 0.1) is 12.7 Å². The summed E-state index contributed by atoms with van der Waals surface area (Å²) in [5.41, 5.74) is 2.88. The van der Waals surface area contributed by atoms with E-state index < -0.39 is 0 Å². The summed E-state index contributed by atoms with van der Waals surface area (Å²) >= 11 is 5.89. The molecule has 0 saturated carbocycles. The van der Waals surface area contributed by atoms with E-state index >= 15 is 0 Å². The summed E-state index contributed by atoms with van der Waals surface area (Å²) in [6.45, 7) is 6.41. The maximum absolute atomic E-state index is 13.8. The number of carbonyl (C=O) groups excluding carboxylic acids is 1. The fraction of sp³-hybridized carbons (Fsp3) is 0.346. The summed E-state index contributed by atoms with van der Waals surface area (Å²) in [5, 5.41) is 0.623. The highest BCUT2D eigenvalue weighted by atomic mass is 35.5. The van der Waals surface area contributed by atoms with E-state index in [0.29, 0.717) is 49.2 Å². The molecule has 2 aromatic carbocycles. The van der Waals surface area contributed by atoms with Crippen molar-refractivity contribution in [2.45, 2.75) is 26.7 Å². The second-order valence-electron chi connectivity index (χ2n) is 8.29. The number of piperazine rings is 1. The maximum Gasteiger partial charge on any atom is 0.260 e. The standard InChI is InChI=1S/C26H28ClFN4O2/c1-3-24-23(16-19-5-4-6-21(28)15-19)26(30-18(2)29-24)32-13-11-31(12-14-32)25(33)17-34-22-9-7-20(27)8-10-22/h4-10,15H,3,11-14,16-17H2,1-2H3. The van der Waals surface area contributed by atoms with Crippen LogP contribution in [-0.2, 0) is 17.6 Å². The summed E-state index contributed by atoms with van der Waals surface area (Å²) in [6, 6.07) is 13.6. The molecule has 0 radical (unpaired) electrons. The third-order valence-electron chi connectivity index (χ3n) is 5.90. The Balaban J connectivity index is 1.44. The predicted octanol–water partition coefficient (Wildman–Crippen LogP) is 4.46. The lowest BCUT2D eigenvalue weighted by Crippen LogP contribution is -2.50. The molecule has 6 nitrogen and oxygen atoms in total. The largest absolute Gasteiger partial charge is 0.484 e. The van der Waals surface area contributed by atoms with Crippen molar-refractivity contribution in [3.8, 4) is 5.75 Å². The van der Waals surface area contributed by atoms with Crippen LogP contribution in [0.25, 0.3) is 0 Å². The molecule has 1 amide bonds. The Labute approximate surface area is 204 Å². The molecule has 1 aliphatic rings. The number of benzene rings is 2. The minimum atomic E-state index is -0.252. The summed E-state index contributed by atoms with van der Waals surface area (Å²) < 4.78 is 19.4. The first-order valence-corrected chi connectivity index (χ1v) is 11.8. The van der Waals surface area contributed by atoms with Crippen LogP contribution >= 0.6 is 11.6 Å². The van der Waals surface area contributed by atoms with Gasteiger partial charge in [-0.05, 0) is 55.3 Å². The molecule has 178 valence electrons. The quantitative estimate of drug-likeness (QED) is 0.497. The van der Waals surface area contributed by atoms with E-state index in [1.807, 2.05) is 17.9 Å². The van der Waals surface area contributed by atoms with Gasteiger partial charge >= 0.3 is 0 Å². The number of hydrogen-bond acceptors (Lipinski definition) is 5. The molecule has 2 heterocycles. The number of hydrogen-bond donors (Lipinski definition) is 0. The second-order valence-corrected chi connectivity index (χ2v) is 8.73. The Bertz CT molecular complexity index is 1150. The van der Waals surface area contributed by atoms with Gasteiger partial charge in [0.05, 0.1) is 0 Å². The van der Waals surface area contributed by atoms with Crippen LogP contribution in [0.5, 0.6) is 5.75 Å². The molecule has 8 heteroatoms. The third-order valence-corrected chi connectivity index (χ3v) is 6.15. The van der Waals surface area contributed by atoms with Gasteiger partial charge in [0.1, 0.15) is 23.2 Å². The highest BCUT2D eigenvalue weighted by Gasteiger charge is 2.25. The van der Waals surface area contributed by atoms with Crippen LogP contribution in [0.15, 0.2) is 48.5 Å². The zero-order valence-electron chi connectivity index (χ0n) is 19.4. The van der Waals surface area contributed by atoms with E-state index in [2.05, 4.69) is 16.8 Å². The Hall–Kier alpha value is -3.19. The van der Waals surface area contributed by atoms with Gasteiger partial charge in [0.2, 0.25) is 0 Å². The average molecular weight is 483 g/mol. The Morgan fingerprint density at radius 3 is 2.50 bits per heavy atom. The Morgan fingerprint density at radius 1 is 1.09 bits per heavy atom. The van der Waals surface area contributed by atoms with Crippen LogP contribution in [0.3, 0.4) is 0 Å². The highest BCUT2D eigenvalue weighted by Crippen LogP contribution is 2.26. The summed E-state index contributed by atoms with van der Waals surface area (Å²) in [7, 11) is 0. The predicted molar refractivity (Wildman–Crippen MR) is 131 cm³/mol. The zero-order valence-corrected chi connectivity index (χ0v) is 20.2. The molecule has 1 saturated heterocycles. The van der Waals surface area contributed by atoms with E-state index in [1.54, 1.807) is 36.4 Å². The number of carbonyl (C=O) groups is 1. The van der Waals surface area contributed by atoms with E-state index in [4.69, 9.17) is 21.3 Å². The van der Waals surface area contributed by atoms with Crippen molar-refractivity contribution in [1.82, 2.24) is 14.9 Å². The van der Waals surface area contributed by atoms with Crippen molar-refractivity contribution in [2.24, 2.45) is 0 Å². The molecule has 1 fully saturated rings. The van der Waals surface area contributed by atoms with Crippen LogP contribution < -0.4 is 9.64 Å². The molecule has 0 atom stereocenters. The molecule has 0 aliphatic carbocycles. The van der Waals surface area contributed by atoms with Crippen LogP contribution in [0.1, 0.15) is 29.6 Å². The lowest BCUT2D eigenvalue weighted by molar-refractivity contribution is -0.133. The smallest absolute Gasteiger partial charge is 0.260 e. The number of aromatic nitrogens is 2. The van der Waals surface area contributed by atoms with Gasteiger partial charge in [-0.25, -0.2) is 14.4 Å². The van der Waals surface area contributed by atoms with E-state index in [9.17, 15) is 9.18 Å². The number of amides is 1. The fourth-order valence-corrected chi connectivity index (χ4v) is 4.28. The van der Waals surface area contributed by atoms with Gasteiger partial charge in [0.15, 0.2) is 6.61 Å². The molecular weight excluding hydrogens is 455 g/mol. The topological polar surface area (TPSA) is 58.6 Å². The molecule has 0 N–H and O–H groups in total. The Kier molecular flexibility index (Phi) is 7.63. The van der Waals surface area contributed by atoms with Gasteiger partial charge in [-0.15, -0.1) is 0 Å². The molecule has 3 aromatic rings. The summed E-state index contributed by atoms with van der Waals surface area (Å²) in [5.74, 6) is 1.89. The average Bonchev–Trinajstić information content (AvgIpc) is 2.84. The lowest BCUT2D eigenvalue weighted by Gasteiger charge is -2.36. The van der Waals surface area contributed by atoms with Crippen molar-refractivity contribution >= 4 is 23.3 Å². The molecule has 0 bridgehead atoms. The minimum absolute atomic E-state index is 0.0148. The molecule has 4 rings (SSSR count). The fourth-order valence-electron chi connectivity index (χ4n) is 4.16. The first kappa shape index (κ1) is 24.0. The molecule has 1 aromatic heterocycles. The van der Waals surface area contributed by atoms with Crippen molar-refractivity contribution in [3.05, 3.63) is 82.0 Å². The van der Waals surface area contributed by atoms with Gasteiger partial charge in [0, 0.05) is 48.9 Å². The maximum atomic E-state index is 13.8. The van der Waals surface area contributed by atoms with Crippen molar-refractivity contribution in [3.63, 3.8) is 0 Å². The normalized spacial score (nSPS) is 13.8. The number of ether oxygens (including phenoxy) is 1. The van der Waals surface area contributed by atoms with Gasteiger partial charge in [0.25, 0.3) is 5.91 Å². The van der Waals surface area contributed by atoms with Crippen LogP contribution in [0.2, 0.25) is 5.02 Å². The van der Waals surface area contributed by atoms with Gasteiger partial charge in [-0.2, -0.15) is 0 Å². The van der Waals surface area contributed by atoms with Crippen molar-refractivity contribution in [1.29, 1.82) is 0 Å². The lowest BCUT2D eigenvalue weighted by atomic mass is 10.0. The monoisotopic (exact) mass is 482 g/mol. The molecule has 1 aliphatic heterocycles. The third kappa shape index (κ3) is 5.83. The van der Waals surface area contributed by atoms with Gasteiger partial charge < -0.3 is 14.5 Å². The SMILES string of the molecule is CCc1nc(C)nc(N2CCN(C(=O)COc3ccc(Cl)cc3)CC2)c1Cc1cccc(F)c1. The number of rotatable bonds is 7. The van der Waals surface area contributed by atoms with Crippen molar-refractivity contribution in [2.75, 3.05) is 37.7 Å². The summed E-state index contributed by atoms with van der Waals surface area (Å²) in [6.07, 6.45) is 1.33. The molecule has 34 heavy (non-hydrogen) atoms. The minimum Gasteiger partial charge on any atom is -0.484 e. The van der Waals surface area contributed by atoms with Gasteiger partial charge in [-0.1, -0.05) is 30.7 Å². The van der Waals surface area contributed by atoms with E-state index in [0.717, 1.165) is 29.1 Å². The number of anilines is 1. The highest BCUT2D eigenvalue weighted by molar-refractivity contribution is 6.30. The van der Waals surface area contributed by atoms with Crippen LogP contribution in [0.4, 0.5) is 10.2 Å². The first-order chi connectivity index (χ1) is 16.4. The molecule has 0 unspecified atom stereocenters.